The van der Waals surface area contributed by atoms with Gasteiger partial charge < -0.3 is 4.74 Å². The molecule has 0 unspecified atom stereocenters. The van der Waals surface area contributed by atoms with Gasteiger partial charge in [0.1, 0.15) is 11.3 Å². The number of hydrogen-bond acceptors (Lipinski definition) is 7. The van der Waals surface area contributed by atoms with E-state index in [-0.39, 0.29) is 16.3 Å². The maximum absolute atomic E-state index is 14.4. The molecular formula is C29H39FN4O4S2. The molecule has 2 heterocycles. The summed E-state index contributed by atoms with van der Waals surface area (Å²) in [6, 6.07) is 10.9. The Morgan fingerprint density at radius 2 is 1.68 bits per heavy atom. The van der Waals surface area contributed by atoms with Crippen LogP contribution in [0.15, 0.2) is 47.4 Å². The molecule has 0 aliphatic carbocycles. The van der Waals surface area contributed by atoms with E-state index in [9.17, 15) is 17.6 Å². The number of aromatic nitrogens is 1. The number of ether oxygens (including phenoxy) is 1. The Hall–Kier alpha value is -2.44. The number of carbonyl (C=O) groups excluding carboxylic acids is 1. The van der Waals surface area contributed by atoms with Crippen molar-refractivity contribution in [3.63, 3.8) is 0 Å². The number of thiazole rings is 1. The maximum Gasteiger partial charge on any atom is 0.260 e. The highest BCUT2D eigenvalue weighted by Crippen LogP contribution is 2.31. The molecule has 1 aliphatic heterocycles. The minimum atomic E-state index is -3.67. The topological polar surface area (TPSA) is 83.1 Å². The molecule has 0 atom stereocenters. The van der Waals surface area contributed by atoms with Crippen molar-refractivity contribution in [2.75, 3.05) is 57.4 Å². The molecule has 1 aliphatic rings. The van der Waals surface area contributed by atoms with Crippen LogP contribution in [0.3, 0.4) is 0 Å². The fourth-order valence-corrected chi connectivity index (χ4v) is 7.20. The number of carbonyl (C=O) groups is 1. The Morgan fingerprint density at radius 3 is 2.30 bits per heavy atom. The van der Waals surface area contributed by atoms with Crippen molar-refractivity contribution in [3.05, 3.63) is 53.8 Å². The molecule has 0 bridgehead atoms. The number of amides is 1. The largest absolute Gasteiger partial charge is 0.379 e. The van der Waals surface area contributed by atoms with Gasteiger partial charge in [-0.15, -0.1) is 0 Å². The molecule has 1 fully saturated rings. The quantitative estimate of drug-likeness (QED) is 0.250. The van der Waals surface area contributed by atoms with E-state index in [0.29, 0.717) is 54.7 Å². The van der Waals surface area contributed by atoms with Crippen LogP contribution >= 0.6 is 11.3 Å². The van der Waals surface area contributed by atoms with Gasteiger partial charge in [0.2, 0.25) is 10.0 Å². The normalized spacial score (nSPS) is 14.7. The molecule has 0 saturated carbocycles. The minimum absolute atomic E-state index is 0.178. The van der Waals surface area contributed by atoms with E-state index in [0.717, 1.165) is 45.3 Å². The Bertz CT molecular complexity index is 1350. The second-order valence-electron chi connectivity index (χ2n) is 9.98. The lowest BCUT2D eigenvalue weighted by molar-refractivity contribution is 0.0376. The van der Waals surface area contributed by atoms with Crippen LogP contribution in [0.25, 0.3) is 10.2 Å². The van der Waals surface area contributed by atoms with Crippen LogP contribution in [0.1, 0.15) is 56.3 Å². The molecule has 4 rings (SSSR count). The summed E-state index contributed by atoms with van der Waals surface area (Å²) in [4.78, 5) is 22.3. The van der Waals surface area contributed by atoms with Gasteiger partial charge in [0, 0.05) is 44.8 Å². The summed E-state index contributed by atoms with van der Waals surface area (Å²) >= 11 is 1.27. The minimum Gasteiger partial charge on any atom is -0.379 e. The lowest BCUT2D eigenvalue weighted by Crippen LogP contribution is -2.39. The standard InChI is InChI=1S/C29H39FN4O4S2/c1-3-5-16-33(17-6-4-2)40(36,37)24-13-11-23(12-14-24)28(35)34(18-8-15-32-19-21-38-22-20-32)29-31-27-25(30)9-7-10-26(27)39-29/h7,9-14H,3-6,8,15-22H2,1-2H3. The first-order valence-electron chi connectivity index (χ1n) is 14.1. The monoisotopic (exact) mass is 590 g/mol. The zero-order valence-corrected chi connectivity index (χ0v) is 25.0. The first kappa shape index (κ1) is 30.5. The van der Waals surface area contributed by atoms with E-state index < -0.39 is 15.8 Å². The Labute approximate surface area is 240 Å². The van der Waals surface area contributed by atoms with Crippen LogP contribution in [0, 0.1) is 5.82 Å². The maximum atomic E-state index is 14.4. The molecular weight excluding hydrogens is 551 g/mol. The number of rotatable bonds is 14. The van der Waals surface area contributed by atoms with Crippen LogP contribution in [0.4, 0.5) is 9.52 Å². The number of sulfonamides is 1. The van der Waals surface area contributed by atoms with Crippen molar-refractivity contribution in [2.24, 2.45) is 0 Å². The number of fused-ring (bicyclic) bond motifs is 1. The zero-order valence-electron chi connectivity index (χ0n) is 23.4. The van der Waals surface area contributed by atoms with Crippen LogP contribution in [-0.2, 0) is 14.8 Å². The number of morpholine rings is 1. The summed E-state index contributed by atoms with van der Waals surface area (Å²) in [6.45, 7) is 9.33. The number of benzene rings is 2. The number of halogens is 1. The van der Waals surface area contributed by atoms with Crippen LogP contribution in [-0.4, -0.2) is 81.0 Å². The predicted molar refractivity (Wildman–Crippen MR) is 158 cm³/mol. The summed E-state index contributed by atoms with van der Waals surface area (Å²) < 4.78 is 48.8. The number of para-hydroxylation sites is 1. The smallest absolute Gasteiger partial charge is 0.260 e. The van der Waals surface area contributed by atoms with Crippen molar-refractivity contribution < 1.29 is 22.3 Å². The third kappa shape index (κ3) is 7.44. The van der Waals surface area contributed by atoms with Gasteiger partial charge in [-0.2, -0.15) is 4.31 Å². The Morgan fingerprint density at radius 1 is 1.00 bits per heavy atom. The Balaban J connectivity index is 1.56. The molecule has 0 N–H and O–H groups in total. The second-order valence-corrected chi connectivity index (χ2v) is 12.9. The average molecular weight is 591 g/mol. The summed E-state index contributed by atoms with van der Waals surface area (Å²) in [5, 5.41) is 0.425. The summed E-state index contributed by atoms with van der Waals surface area (Å²) in [6.07, 6.45) is 4.11. The van der Waals surface area contributed by atoms with Gasteiger partial charge in [0.15, 0.2) is 5.13 Å². The van der Waals surface area contributed by atoms with Gasteiger partial charge in [-0.3, -0.25) is 14.6 Å². The van der Waals surface area contributed by atoms with Crippen LogP contribution in [0.2, 0.25) is 0 Å². The third-order valence-electron chi connectivity index (χ3n) is 7.06. The van der Waals surface area contributed by atoms with Gasteiger partial charge in [0.05, 0.1) is 22.8 Å². The lowest BCUT2D eigenvalue weighted by Gasteiger charge is -2.27. The molecule has 3 aromatic rings. The molecule has 11 heteroatoms. The van der Waals surface area contributed by atoms with Crippen LogP contribution in [0.5, 0.6) is 0 Å². The van der Waals surface area contributed by atoms with E-state index in [4.69, 9.17) is 4.74 Å². The fourth-order valence-electron chi connectivity index (χ4n) is 4.68. The second kappa shape index (κ2) is 14.5. The molecule has 1 aromatic heterocycles. The third-order valence-corrected chi connectivity index (χ3v) is 10.0. The van der Waals surface area contributed by atoms with Crippen molar-refractivity contribution in [1.82, 2.24) is 14.2 Å². The molecule has 0 radical (unpaired) electrons. The zero-order chi connectivity index (χ0) is 28.5. The molecule has 1 amide bonds. The number of nitrogens with zero attached hydrogens (tertiary/aromatic N) is 4. The Kier molecular flexibility index (Phi) is 11.0. The molecule has 8 nitrogen and oxygen atoms in total. The van der Waals surface area contributed by atoms with Gasteiger partial charge in [-0.05, 0) is 55.7 Å². The first-order valence-corrected chi connectivity index (χ1v) is 16.4. The number of anilines is 1. The first-order chi connectivity index (χ1) is 19.3. The summed E-state index contributed by atoms with van der Waals surface area (Å²) in [7, 11) is -3.67. The van der Waals surface area contributed by atoms with Crippen LogP contribution < -0.4 is 4.90 Å². The highest BCUT2D eigenvalue weighted by atomic mass is 32.2. The highest BCUT2D eigenvalue weighted by molar-refractivity contribution is 7.89. The molecule has 0 spiro atoms. The van der Waals surface area contributed by atoms with E-state index >= 15 is 0 Å². The van der Waals surface area contributed by atoms with Gasteiger partial charge in [-0.25, -0.2) is 17.8 Å². The fraction of sp³-hybridized carbons (Fsp3) is 0.517. The van der Waals surface area contributed by atoms with Gasteiger partial charge in [-0.1, -0.05) is 44.1 Å². The number of hydrogen-bond donors (Lipinski definition) is 0. The molecule has 40 heavy (non-hydrogen) atoms. The summed E-state index contributed by atoms with van der Waals surface area (Å²) in [5.74, 6) is -0.717. The SMILES string of the molecule is CCCCN(CCCC)S(=O)(=O)c1ccc(C(=O)N(CCCN2CCOCC2)c2nc3c(F)cccc3s2)cc1. The van der Waals surface area contributed by atoms with E-state index in [1.807, 2.05) is 13.8 Å². The predicted octanol–water partition coefficient (Wildman–Crippen LogP) is 5.40. The van der Waals surface area contributed by atoms with Crippen molar-refractivity contribution in [2.45, 2.75) is 50.8 Å². The van der Waals surface area contributed by atoms with Crippen molar-refractivity contribution in [3.8, 4) is 0 Å². The lowest BCUT2D eigenvalue weighted by atomic mass is 10.2. The highest BCUT2D eigenvalue weighted by Gasteiger charge is 2.26. The van der Waals surface area contributed by atoms with E-state index in [1.54, 1.807) is 33.5 Å². The number of unbranched alkanes of at least 4 members (excludes halogenated alkanes) is 2. The van der Waals surface area contributed by atoms with Gasteiger partial charge >= 0.3 is 0 Å². The summed E-state index contributed by atoms with van der Waals surface area (Å²) in [5.41, 5.74) is 0.605. The van der Waals surface area contributed by atoms with E-state index in [1.165, 1.54) is 29.5 Å². The van der Waals surface area contributed by atoms with E-state index in [2.05, 4.69) is 9.88 Å². The van der Waals surface area contributed by atoms with Crippen molar-refractivity contribution >= 4 is 42.6 Å². The van der Waals surface area contributed by atoms with Crippen molar-refractivity contribution in [1.29, 1.82) is 0 Å². The average Bonchev–Trinajstić information content (AvgIpc) is 3.41. The molecule has 218 valence electrons. The van der Waals surface area contributed by atoms with Gasteiger partial charge in [0.25, 0.3) is 5.91 Å². The molecule has 1 saturated heterocycles. The molecule has 2 aromatic carbocycles.